The van der Waals surface area contributed by atoms with Gasteiger partial charge in [0.2, 0.25) is 0 Å². The highest BCUT2D eigenvalue weighted by Gasteiger charge is 2.17. The number of methoxy groups -OCH3 is 2. The minimum Gasteiger partial charge on any atom is -0.496 e. The lowest BCUT2D eigenvalue weighted by atomic mass is 10.1. The predicted octanol–water partition coefficient (Wildman–Crippen LogP) is 3.30. The number of hydrogen-bond acceptors (Lipinski definition) is 3. The van der Waals surface area contributed by atoms with E-state index in [1.54, 1.807) is 24.3 Å². The Labute approximate surface area is 144 Å². The summed E-state index contributed by atoms with van der Waals surface area (Å²) >= 11 is 0. The molecule has 2 N–H and O–H groups in total. The number of carbonyl (C=O) groups is 1. The fourth-order valence-electron chi connectivity index (χ4n) is 2.83. The van der Waals surface area contributed by atoms with E-state index in [0.29, 0.717) is 30.0 Å². The topological polar surface area (TPSA) is 63.4 Å². The molecule has 0 aliphatic rings. The molecule has 0 saturated heterocycles. The average Bonchev–Trinajstić information content (AvgIpc) is 3.03. The number of aromatic amines is 1. The van der Waals surface area contributed by atoms with Crippen molar-refractivity contribution in [2.24, 2.45) is 0 Å². The fraction of sp³-hybridized carbons (Fsp3) is 0.211. The summed E-state index contributed by atoms with van der Waals surface area (Å²) in [7, 11) is 3.01. The molecule has 0 saturated carbocycles. The second-order valence-corrected chi connectivity index (χ2v) is 5.55. The molecule has 0 fully saturated rings. The highest BCUT2D eigenvalue weighted by molar-refractivity contribution is 5.99. The molecular formula is C19H19FN2O3. The van der Waals surface area contributed by atoms with Crippen molar-refractivity contribution >= 4 is 16.8 Å². The van der Waals surface area contributed by atoms with Crippen molar-refractivity contribution in [1.29, 1.82) is 0 Å². The van der Waals surface area contributed by atoms with Crippen LogP contribution in [0.25, 0.3) is 10.9 Å². The summed E-state index contributed by atoms with van der Waals surface area (Å²) in [5.74, 6) is 0.341. The summed E-state index contributed by atoms with van der Waals surface area (Å²) < 4.78 is 23.9. The average molecular weight is 342 g/mol. The number of aromatic nitrogens is 1. The van der Waals surface area contributed by atoms with Crippen LogP contribution in [-0.2, 0) is 6.42 Å². The largest absolute Gasteiger partial charge is 0.496 e. The molecule has 0 spiro atoms. The maximum Gasteiger partial charge on any atom is 0.258 e. The SMILES string of the molecule is COc1cccc(OC)c1C(=O)NCCc1c[nH]c2ccc(F)cc12. The molecule has 25 heavy (non-hydrogen) atoms. The molecule has 3 aromatic rings. The van der Waals surface area contributed by atoms with Gasteiger partial charge in [0.1, 0.15) is 22.9 Å². The molecule has 2 aromatic carbocycles. The molecule has 5 nitrogen and oxygen atoms in total. The summed E-state index contributed by atoms with van der Waals surface area (Å²) in [5, 5.41) is 3.68. The Morgan fingerprint density at radius 2 is 1.88 bits per heavy atom. The van der Waals surface area contributed by atoms with Crippen molar-refractivity contribution in [2.75, 3.05) is 20.8 Å². The van der Waals surface area contributed by atoms with Gasteiger partial charge in [-0.15, -0.1) is 0 Å². The van der Waals surface area contributed by atoms with Gasteiger partial charge < -0.3 is 19.8 Å². The molecule has 130 valence electrons. The fourth-order valence-corrected chi connectivity index (χ4v) is 2.83. The van der Waals surface area contributed by atoms with Crippen molar-refractivity contribution in [3.8, 4) is 11.5 Å². The van der Waals surface area contributed by atoms with Crippen LogP contribution in [0.1, 0.15) is 15.9 Å². The van der Waals surface area contributed by atoms with Crippen LogP contribution in [0.15, 0.2) is 42.6 Å². The second kappa shape index (κ2) is 7.25. The summed E-state index contributed by atoms with van der Waals surface area (Å²) in [6.07, 6.45) is 2.41. The Hall–Kier alpha value is -3.02. The zero-order valence-corrected chi connectivity index (χ0v) is 14.1. The van der Waals surface area contributed by atoms with Crippen LogP contribution in [0.3, 0.4) is 0 Å². The van der Waals surface area contributed by atoms with Gasteiger partial charge in [-0.1, -0.05) is 6.07 Å². The van der Waals surface area contributed by atoms with Gasteiger partial charge in [-0.05, 0) is 42.3 Å². The summed E-state index contributed by atoms with van der Waals surface area (Å²) in [6, 6.07) is 9.78. The number of carbonyl (C=O) groups excluding carboxylic acids is 1. The Kier molecular flexibility index (Phi) is 4.88. The molecule has 0 aliphatic carbocycles. The van der Waals surface area contributed by atoms with Crippen LogP contribution in [0, 0.1) is 5.82 Å². The van der Waals surface area contributed by atoms with Gasteiger partial charge in [0.15, 0.2) is 0 Å². The first-order valence-electron chi connectivity index (χ1n) is 7.88. The van der Waals surface area contributed by atoms with E-state index >= 15 is 0 Å². The van der Waals surface area contributed by atoms with Gasteiger partial charge in [0.25, 0.3) is 5.91 Å². The number of H-pyrrole nitrogens is 1. The van der Waals surface area contributed by atoms with Crippen LogP contribution >= 0.6 is 0 Å². The summed E-state index contributed by atoms with van der Waals surface area (Å²) in [6.45, 7) is 0.406. The van der Waals surface area contributed by atoms with E-state index in [1.165, 1.54) is 26.4 Å². The zero-order valence-electron chi connectivity index (χ0n) is 14.1. The van der Waals surface area contributed by atoms with Crippen molar-refractivity contribution in [3.63, 3.8) is 0 Å². The normalized spacial score (nSPS) is 10.7. The Morgan fingerprint density at radius 3 is 2.56 bits per heavy atom. The van der Waals surface area contributed by atoms with Gasteiger partial charge in [-0.2, -0.15) is 0 Å². The number of benzene rings is 2. The molecule has 1 heterocycles. The lowest BCUT2D eigenvalue weighted by Gasteiger charge is -2.12. The minimum atomic E-state index is -0.281. The Bertz CT molecular complexity index is 883. The van der Waals surface area contributed by atoms with Crippen molar-refractivity contribution in [1.82, 2.24) is 10.3 Å². The van der Waals surface area contributed by atoms with E-state index in [0.717, 1.165) is 16.5 Å². The number of ether oxygens (including phenoxy) is 2. The van der Waals surface area contributed by atoms with Gasteiger partial charge >= 0.3 is 0 Å². The molecule has 0 radical (unpaired) electrons. The van der Waals surface area contributed by atoms with Crippen LogP contribution < -0.4 is 14.8 Å². The highest BCUT2D eigenvalue weighted by atomic mass is 19.1. The van der Waals surface area contributed by atoms with Crippen molar-refractivity contribution in [3.05, 3.63) is 59.5 Å². The minimum absolute atomic E-state index is 0.277. The maximum atomic E-state index is 13.4. The standard InChI is InChI=1S/C19H19FN2O3/c1-24-16-4-3-5-17(25-2)18(16)19(23)21-9-8-12-11-22-15-7-6-13(20)10-14(12)15/h3-7,10-11,22H,8-9H2,1-2H3,(H,21,23). The number of fused-ring (bicyclic) bond motifs is 1. The molecule has 1 aromatic heterocycles. The third-order valence-corrected chi connectivity index (χ3v) is 4.06. The second-order valence-electron chi connectivity index (χ2n) is 5.55. The molecule has 0 bridgehead atoms. The third-order valence-electron chi connectivity index (χ3n) is 4.06. The maximum absolute atomic E-state index is 13.4. The van der Waals surface area contributed by atoms with Crippen molar-refractivity contribution in [2.45, 2.75) is 6.42 Å². The van der Waals surface area contributed by atoms with Gasteiger partial charge in [0.05, 0.1) is 14.2 Å². The van der Waals surface area contributed by atoms with E-state index in [-0.39, 0.29) is 11.7 Å². The Balaban J connectivity index is 1.72. The Morgan fingerprint density at radius 1 is 1.16 bits per heavy atom. The van der Waals surface area contributed by atoms with Crippen LogP contribution in [0.5, 0.6) is 11.5 Å². The first kappa shape index (κ1) is 16.8. The van der Waals surface area contributed by atoms with Gasteiger partial charge in [-0.25, -0.2) is 4.39 Å². The lowest BCUT2D eigenvalue weighted by Crippen LogP contribution is -2.26. The van der Waals surface area contributed by atoms with Crippen molar-refractivity contribution < 1.29 is 18.7 Å². The van der Waals surface area contributed by atoms with Gasteiger partial charge in [0, 0.05) is 23.6 Å². The van der Waals surface area contributed by atoms with E-state index in [1.807, 2.05) is 6.20 Å². The van der Waals surface area contributed by atoms with Gasteiger partial charge in [-0.3, -0.25) is 4.79 Å². The van der Waals surface area contributed by atoms with E-state index in [2.05, 4.69) is 10.3 Å². The smallest absolute Gasteiger partial charge is 0.258 e. The first-order valence-corrected chi connectivity index (χ1v) is 7.88. The van der Waals surface area contributed by atoms with Crippen LogP contribution in [-0.4, -0.2) is 31.7 Å². The number of rotatable bonds is 6. The highest BCUT2D eigenvalue weighted by Crippen LogP contribution is 2.28. The molecule has 0 unspecified atom stereocenters. The molecule has 3 rings (SSSR count). The van der Waals surface area contributed by atoms with Crippen LogP contribution in [0.4, 0.5) is 4.39 Å². The molecule has 0 aliphatic heterocycles. The summed E-state index contributed by atoms with van der Waals surface area (Å²) in [4.78, 5) is 15.6. The third kappa shape index (κ3) is 3.42. The predicted molar refractivity (Wildman–Crippen MR) is 93.8 cm³/mol. The summed E-state index contributed by atoms with van der Waals surface area (Å²) in [5.41, 5.74) is 2.17. The number of halogens is 1. The zero-order chi connectivity index (χ0) is 17.8. The lowest BCUT2D eigenvalue weighted by molar-refractivity contribution is 0.0948. The monoisotopic (exact) mass is 342 g/mol. The molecule has 6 heteroatoms. The van der Waals surface area contributed by atoms with E-state index in [9.17, 15) is 9.18 Å². The first-order chi connectivity index (χ1) is 12.1. The van der Waals surface area contributed by atoms with E-state index < -0.39 is 0 Å². The number of hydrogen-bond donors (Lipinski definition) is 2. The molecule has 0 atom stereocenters. The quantitative estimate of drug-likeness (QED) is 0.722. The number of nitrogens with one attached hydrogen (secondary N) is 2. The molecule has 1 amide bonds. The molecular weight excluding hydrogens is 323 g/mol. The van der Waals surface area contributed by atoms with E-state index in [4.69, 9.17) is 9.47 Å². The van der Waals surface area contributed by atoms with Crippen LogP contribution in [0.2, 0.25) is 0 Å². The number of amides is 1.